The highest BCUT2D eigenvalue weighted by Gasteiger charge is 2.53. The van der Waals surface area contributed by atoms with E-state index in [1.54, 1.807) is 36.4 Å². The Bertz CT molecular complexity index is 780. The molecule has 0 saturated carbocycles. The standard InChI is InChI=1S/C18H13ClO4/c1-22-17(21)18(13-7-9-14(19)10-8-13)15(11-16(20)23-18)12-5-3-2-4-6-12/h2-11H,1H3/t18-/m0/s1. The summed E-state index contributed by atoms with van der Waals surface area (Å²) in [6.45, 7) is 0. The van der Waals surface area contributed by atoms with Gasteiger partial charge in [-0.25, -0.2) is 9.59 Å². The lowest BCUT2D eigenvalue weighted by Crippen LogP contribution is -2.39. The Morgan fingerprint density at radius 3 is 2.35 bits per heavy atom. The maximum absolute atomic E-state index is 12.6. The summed E-state index contributed by atoms with van der Waals surface area (Å²) < 4.78 is 10.4. The molecular formula is C18H13ClO4. The number of hydrogen-bond acceptors (Lipinski definition) is 4. The zero-order valence-corrected chi connectivity index (χ0v) is 13.0. The molecule has 2 aromatic carbocycles. The van der Waals surface area contributed by atoms with Crippen LogP contribution in [0.2, 0.25) is 5.02 Å². The molecule has 0 spiro atoms. The number of hydrogen-bond donors (Lipinski definition) is 0. The predicted molar refractivity (Wildman–Crippen MR) is 85.7 cm³/mol. The zero-order valence-electron chi connectivity index (χ0n) is 12.3. The summed E-state index contributed by atoms with van der Waals surface area (Å²) in [5, 5.41) is 0.517. The third kappa shape index (κ3) is 2.51. The van der Waals surface area contributed by atoms with Gasteiger partial charge in [-0.15, -0.1) is 0 Å². The molecule has 0 amide bonds. The van der Waals surface area contributed by atoms with E-state index < -0.39 is 17.5 Å². The minimum absolute atomic E-state index is 0.442. The second-order valence-corrected chi connectivity index (χ2v) is 5.46. The number of cyclic esters (lactones) is 1. The molecule has 116 valence electrons. The van der Waals surface area contributed by atoms with Gasteiger partial charge in [-0.05, 0) is 17.7 Å². The molecule has 0 aromatic heterocycles. The van der Waals surface area contributed by atoms with Gasteiger partial charge in [-0.1, -0.05) is 54.1 Å². The average Bonchev–Trinajstić information content (AvgIpc) is 2.94. The maximum atomic E-state index is 12.6. The maximum Gasteiger partial charge on any atom is 0.360 e. The van der Waals surface area contributed by atoms with E-state index in [4.69, 9.17) is 21.1 Å². The van der Waals surface area contributed by atoms with Crippen molar-refractivity contribution in [2.75, 3.05) is 7.11 Å². The summed E-state index contributed by atoms with van der Waals surface area (Å²) in [6.07, 6.45) is 1.32. The minimum Gasteiger partial charge on any atom is -0.466 e. The van der Waals surface area contributed by atoms with Gasteiger partial charge in [0.25, 0.3) is 5.60 Å². The normalized spacial score (nSPS) is 19.9. The van der Waals surface area contributed by atoms with Crippen LogP contribution < -0.4 is 0 Å². The fourth-order valence-corrected chi connectivity index (χ4v) is 2.80. The number of ether oxygens (including phenoxy) is 2. The minimum atomic E-state index is -1.63. The summed E-state index contributed by atoms with van der Waals surface area (Å²) >= 11 is 5.92. The lowest BCUT2D eigenvalue weighted by atomic mass is 9.83. The van der Waals surface area contributed by atoms with Gasteiger partial charge in [0, 0.05) is 22.2 Å². The molecule has 0 fully saturated rings. The van der Waals surface area contributed by atoms with E-state index in [-0.39, 0.29) is 0 Å². The Labute approximate surface area is 138 Å². The Morgan fingerprint density at radius 2 is 1.74 bits per heavy atom. The first kappa shape index (κ1) is 15.3. The molecule has 2 aromatic rings. The third-order valence-electron chi connectivity index (χ3n) is 3.70. The average molecular weight is 329 g/mol. The van der Waals surface area contributed by atoms with Crippen molar-refractivity contribution in [3.8, 4) is 0 Å². The molecule has 0 saturated heterocycles. The molecule has 0 unspecified atom stereocenters. The molecule has 0 bridgehead atoms. The molecule has 1 heterocycles. The first-order valence-corrected chi connectivity index (χ1v) is 7.31. The second-order valence-electron chi connectivity index (χ2n) is 5.02. The Hall–Kier alpha value is -2.59. The number of halogens is 1. The van der Waals surface area contributed by atoms with Crippen molar-refractivity contribution >= 4 is 29.1 Å². The van der Waals surface area contributed by atoms with Crippen LogP contribution in [0, 0.1) is 0 Å². The van der Waals surface area contributed by atoms with Gasteiger partial charge in [0.15, 0.2) is 0 Å². The van der Waals surface area contributed by atoms with E-state index in [0.29, 0.717) is 21.7 Å². The van der Waals surface area contributed by atoms with Gasteiger partial charge in [-0.2, -0.15) is 0 Å². The van der Waals surface area contributed by atoms with Crippen molar-refractivity contribution in [1.29, 1.82) is 0 Å². The molecule has 3 rings (SSSR count). The fraction of sp³-hybridized carbons (Fsp3) is 0.111. The molecule has 0 N–H and O–H groups in total. The fourth-order valence-electron chi connectivity index (χ4n) is 2.67. The van der Waals surface area contributed by atoms with Crippen LogP contribution in [0.4, 0.5) is 0 Å². The van der Waals surface area contributed by atoms with Crippen molar-refractivity contribution < 1.29 is 19.1 Å². The largest absolute Gasteiger partial charge is 0.466 e. The van der Waals surface area contributed by atoms with E-state index in [0.717, 1.165) is 0 Å². The number of esters is 2. The lowest BCUT2D eigenvalue weighted by molar-refractivity contribution is -0.169. The number of benzene rings is 2. The van der Waals surface area contributed by atoms with Crippen LogP contribution in [0.1, 0.15) is 11.1 Å². The van der Waals surface area contributed by atoms with Crippen LogP contribution in [0.15, 0.2) is 60.7 Å². The topological polar surface area (TPSA) is 52.6 Å². The lowest BCUT2D eigenvalue weighted by Gasteiger charge is -2.29. The molecule has 5 heteroatoms. The summed E-state index contributed by atoms with van der Waals surface area (Å²) in [5.74, 6) is -1.26. The van der Waals surface area contributed by atoms with Crippen LogP contribution >= 0.6 is 11.6 Å². The van der Waals surface area contributed by atoms with Gasteiger partial charge < -0.3 is 9.47 Å². The van der Waals surface area contributed by atoms with Crippen LogP contribution in [0.5, 0.6) is 0 Å². The highest BCUT2D eigenvalue weighted by atomic mass is 35.5. The number of methoxy groups -OCH3 is 1. The van der Waals surface area contributed by atoms with E-state index in [9.17, 15) is 9.59 Å². The molecule has 23 heavy (non-hydrogen) atoms. The number of rotatable bonds is 3. The van der Waals surface area contributed by atoms with Crippen molar-refractivity contribution in [2.45, 2.75) is 5.60 Å². The quantitative estimate of drug-likeness (QED) is 0.811. The zero-order chi connectivity index (χ0) is 16.4. The first-order valence-electron chi connectivity index (χ1n) is 6.93. The molecule has 1 aliphatic heterocycles. The predicted octanol–water partition coefficient (Wildman–Crippen LogP) is 3.35. The van der Waals surface area contributed by atoms with Crippen molar-refractivity contribution in [3.63, 3.8) is 0 Å². The van der Waals surface area contributed by atoms with Gasteiger partial charge >= 0.3 is 11.9 Å². The molecule has 1 atom stereocenters. The van der Waals surface area contributed by atoms with Gasteiger partial charge in [0.05, 0.1) is 7.11 Å². The summed E-state index contributed by atoms with van der Waals surface area (Å²) in [4.78, 5) is 24.5. The Balaban J connectivity index is 2.23. The summed E-state index contributed by atoms with van der Waals surface area (Å²) in [6, 6.07) is 15.7. The molecular weight excluding hydrogens is 316 g/mol. The summed E-state index contributed by atoms with van der Waals surface area (Å²) in [7, 11) is 1.26. The molecule has 0 aliphatic carbocycles. The monoisotopic (exact) mass is 328 g/mol. The van der Waals surface area contributed by atoms with Crippen molar-refractivity contribution in [1.82, 2.24) is 0 Å². The van der Waals surface area contributed by atoms with Gasteiger partial charge in [0.1, 0.15) is 0 Å². The van der Waals surface area contributed by atoms with Crippen molar-refractivity contribution in [2.24, 2.45) is 0 Å². The van der Waals surface area contributed by atoms with Crippen molar-refractivity contribution in [3.05, 3.63) is 76.8 Å². The smallest absolute Gasteiger partial charge is 0.360 e. The van der Waals surface area contributed by atoms with E-state index >= 15 is 0 Å². The Kier molecular flexibility index (Phi) is 3.92. The Morgan fingerprint density at radius 1 is 1.09 bits per heavy atom. The molecule has 0 radical (unpaired) electrons. The number of carbonyl (C=O) groups is 2. The van der Waals surface area contributed by atoms with Gasteiger partial charge in [-0.3, -0.25) is 0 Å². The van der Waals surface area contributed by atoms with Crippen LogP contribution in [0.25, 0.3) is 5.57 Å². The second kappa shape index (κ2) is 5.89. The molecule has 1 aliphatic rings. The van der Waals surface area contributed by atoms with Crippen LogP contribution in [-0.2, 0) is 24.7 Å². The van der Waals surface area contributed by atoms with E-state index in [1.807, 2.05) is 18.2 Å². The summed E-state index contributed by atoms with van der Waals surface area (Å²) in [5.41, 5.74) is 0.00305. The highest BCUT2D eigenvalue weighted by molar-refractivity contribution is 6.30. The highest BCUT2D eigenvalue weighted by Crippen LogP contribution is 2.45. The first-order chi connectivity index (χ1) is 11.1. The number of carbonyl (C=O) groups excluding carboxylic acids is 2. The van der Waals surface area contributed by atoms with Gasteiger partial charge in [0.2, 0.25) is 0 Å². The SMILES string of the molecule is COC(=O)[C@@]1(c2ccc(Cl)cc2)OC(=O)C=C1c1ccccc1. The van der Waals surface area contributed by atoms with E-state index in [2.05, 4.69) is 0 Å². The van der Waals surface area contributed by atoms with Crippen LogP contribution in [-0.4, -0.2) is 19.0 Å². The van der Waals surface area contributed by atoms with Crippen LogP contribution in [0.3, 0.4) is 0 Å². The third-order valence-corrected chi connectivity index (χ3v) is 3.96. The van der Waals surface area contributed by atoms with E-state index in [1.165, 1.54) is 13.2 Å². The molecule has 4 nitrogen and oxygen atoms in total.